The van der Waals surface area contributed by atoms with Crippen LogP contribution in [0.5, 0.6) is 0 Å². The fourth-order valence-corrected chi connectivity index (χ4v) is 5.21. The van der Waals surface area contributed by atoms with Crippen molar-refractivity contribution in [3.63, 3.8) is 0 Å². The van der Waals surface area contributed by atoms with Crippen molar-refractivity contribution in [1.82, 2.24) is 4.90 Å². The minimum Gasteiger partial charge on any atom is -0.274 e. The topological polar surface area (TPSA) is 37.4 Å². The molecule has 2 bridgehead atoms. The van der Waals surface area contributed by atoms with Gasteiger partial charge in [0.15, 0.2) is 0 Å². The van der Waals surface area contributed by atoms with Gasteiger partial charge in [-0.05, 0) is 18.6 Å². The molecule has 1 aromatic rings. The van der Waals surface area contributed by atoms with Crippen molar-refractivity contribution in [3.8, 4) is 0 Å². The number of carbonyl (C=O) groups excluding carboxylic acids is 2. The van der Waals surface area contributed by atoms with Crippen LogP contribution < -0.4 is 0 Å². The minimum atomic E-state index is -0.102. The van der Waals surface area contributed by atoms with Crippen molar-refractivity contribution in [1.29, 1.82) is 0 Å². The lowest BCUT2D eigenvalue weighted by atomic mass is 9.26. The Morgan fingerprint density at radius 1 is 0.913 bits per heavy atom. The van der Waals surface area contributed by atoms with E-state index in [4.69, 9.17) is 0 Å². The van der Waals surface area contributed by atoms with Gasteiger partial charge >= 0.3 is 0 Å². The molecule has 0 unspecified atom stereocenters. The second-order valence-corrected chi connectivity index (χ2v) is 7.50. The van der Waals surface area contributed by atoms with Crippen LogP contribution in [0.2, 0.25) is 18.0 Å². The summed E-state index contributed by atoms with van der Waals surface area (Å²) < 4.78 is 0. The Morgan fingerprint density at radius 2 is 1.43 bits per heavy atom. The third-order valence-electron chi connectivity index (χ3n) is 6.31. The molecule has 3 nitrogen and oxygen atoms in total. The maximum absolute atomic E-state index is 12.4. The van der Waals surface area contributed by atoms with Gasteiger partial charge in [0.1, 0.15) is 6.71 Å². The van der Waals surface area contributed by atoms with Gasteiger partial charge in [-0.25, -0.2) is 0 Å². The summed E-state index contributed by atoms with van der Waals surface area (Å²) in [5, 5.41) is 0. The Morgan fingerprint density at radius 3 is 1.96 bits per heavy atom. The Hall–Kier alpha value is -1.58. The molecule has 0 aliphatic carbocycles. The van der Waals surface area contributed by atoms with Gasteiger partial charge in [-0.1, -0.05) is 68.6 Å². The van der Waals surface area contributed by atoms with E-state index < -0.39 is 0 Å². The fraction of sp³-hybridized carbons (Fsp3) is 0.579. The molecule has 3 aliphatic rings. The van der Waals surface area contributed by atoms with E-state index in [-0.39, 0.29) is 11.8 Å². The lowest BCUT2D eigenvalue weighted by Gasteiger charge is -2.40. The summed E-state index contributed by atoms with van der Waals surface area (Å²) in [6, 6.07) is 7.19. The zero-order chi connectivity index (χ0) is 15.8. The van der Waals surface area contributed by atoms with Crippen molar-refractivity contribution in [3.05, 3.63) is 35.4 Å². The van der Waals surface area contributed by atoms with Gasteiger partial charge in [-0.2, -0.15) is 0 Å². The van der Waals surface area contributed by atoms with Crippen molar-refractivity contribution in [2.75, 3.05) is 6.54 Å². The molecule has 0 radical (unpaired) electrons. The highest BCUT2D eigenvalue weighted by Gasteiger charge is 2.39. The Labute approximate surface area is 138 Å². The number of amides is 2. The Bertz CT molecular complexity index is 573. The van der Waals surface area contributed by atoms with Crippen LogP contribution in [0.4, 0.5) is 0 Å². The molecule has 0 aromatic heterocycles. The number of nitrogens with zero attached hydrogens (tertiary/aromatic N) is 1. The van der Waals surface area contributed by atoms with Crippen molar-refractivity contribution >= 4 is 18.5 Å². The molecule has 0 spiro atoms. The monoisotopic (exact) mass is 309 g/mol. The molecule has 120 valence electrons. The van der Waals surface area contributed by atoms with Crippen LogP contribution in [-0.2, 0) is 0 Å². The van der Waals surface area contributed by atoms with Crippen LogP contribution in [0.3, 0.4) is 0 Å². The molecule has 2 amide bonds. The van der Waals surface area contributed by atoms with Crippen molar-refractivity contribution in [2.45, 2.75) is 62.9 Å². The molecule has 0 atom stereocenters. The molecule has 23 heavy (non-hydrogen) atoms. The third-order valence-corrected chi connectivity index (χ3v) is 6.31. The third kappa shape index (κ3) is 2.62. The average Bonchev–Trinajstić information content (AvgIpc) is 2.80. The van der Waals surface area contributed by atoms with Crippen LogP contribution in [0.25, 0.3) is 0 Å². The predicted molar refractivity (Wildman–Crippen MR) is 92.2 cm³/mol. The molecular weight excluding hydrogens is 285 g/mol. The van der Waals surface area contributed by atoms with Crippen LogP contribution in [0.1, 0.15) is 65.7 Å². The maximum Gasteiger partial charge on any atom is 0.261 e. The summed E-state index contributed by atoms with van der Waals surface area (Å²) in [7, 11) is 0. The van der Waals surface area contributed by atoms with E-state index in [2.05, 4.69) is 0 Å². The van der Waals surface area contributed by atoms with Gasteiger partial charge in [0.2, 0.25) is 0 Å². The van der Waals surface area contributed by atoms with E-state index in [1.807, 2.05) is 12.1 Å². The smallest absolute Gasteiger partial charge is 0.261 e. The highest BCUT2D eigenvalue weighted by Crippen LogP contribution is 2.48. The van der Waals surface area contributed by atoms with E-state index in [0.717, 1.165) is 24.8 Å². The Kier molecular flexibility index (Phi) is 4.00. The predicted octanol–water partition coefficient (Wildman–Crippen LogP) is 4.28. The first kappa shape index (κ1) is 15.0. The van der Waals surface area contributed by atoms with E-state index in [0.29, 0.717) is 17.7 Å². The maximum atomic E-state index is 12.4. The fourth-order valence-electron chi connectivity index (χ4n) is 5.21. The minimum absolute atomic E-state index is 0.102. The molecular formula is C19H24BNO2. The van der Waals surface area contributed by atoms with Gasteiger partial charge in [-0.3, -0.25) is 14.5 Å². The van der Waals surface area contributed by atoms with Crippen LogP contribution in [-0.4, -0.2) is 30.0 Å². The van der Waals surface area contributed by atoms with Gasteiger partial charge < -0.3 is 0 Å². The van der Waals surface area contributed by atoms with E-state index in [1.165, 1.54) is 49.7 Å². The summed E-state index contributed by atoms with van der Waals surface area (Å²) in [4.78, 5) is 26.2. The number of carbonyl (C=O) groups is 2. The first-order chi connectivity index (χ1) is 11.3. The molecule has 3 aliphatic heterocycles. The van der Waals surface area contributed by atoms with E-state index >= 15 is 0 Å². The zero-order valence-electron chi connectivity index (χ0n) is 13.7. The van der Waals surface area contributed by atoms with Gasteiger partial charge in [0.25, 0.3) is 11.8 Å². The van der Waals surface area contributed by atoms with Gasteiger partial charge in [0, 0.05) is 6.54 Å². The number of imide groups is 1. The quantitative estimate of drug-likeness (QED) is 0.615. The average molecular weight is 309 g/mol. The van der Waals surface area contributed by atoms with Gasteiger partial charge in [-0.15, -0.1) is 0 Å². The summed E-state index contributed by atoms with van der Waals surface area (Å²) in [6.07, 6.45) is 10.5. The molecule has 3 heterocycles. The lowest BCUT2D eigenvalue weighted by Crippen LogP contribution is -2.36. The number of hydrogen-bond acceptors (Lipinski definition) is 2. The zero-order valence-corrected chi connectivity index (χ0v) is 13.7. The Balaban J connectivity index is 1.37. The number of fused-ring (bicyclic) bond motifs is 3. The van der Waals surface area contributed by atoms with Crippen molar-refractivity contribution in [2.24, 2.45) is 0 Å². The molecule has 1 aromatic carbocycles. The number of hydrogen-bond donors (Lipinski definition) is 0. The summed E-state index contributed by atoms with van der Waals surface area (Å²) >= 11 is 0. The second-order valence-electron chi connectivity index (χ2n) is 7.50. The van der Waals surface area contributed by atoms with Crippen LogP contribution in [0, 0.1) is 0 Å². The summed E-state index contributed by atoms with van der Waals surface area (Å²) in [5.74, 6) is 1.61. The normalized spacial score (nSPS) is 26.6. The van der Waals surface area contributed by atoms with Gasteiger partial charge in [0.05, 0.1) is 11.1 Å². The number of rotatable bonds is 4. The summed E-state index contributed by atoms with van der Waals surface area (Å²) in [5.41, 5.74) is 1.15. The molecule has 0 saturated carbocycles. The first-order valence-electron chi connectivity index (χ1n) is 9.21. The van der Waals surface area contributed by atoms with E-state index in [1.54, 1.807) is 12.1 Å². The van der Waals surface area contributed by atoms with E-state index in [9.17, 15) is 9.59 Å². The first-order valence-corrected chi connectivity index (χ1v) is 9.21. The largest absolute Gasteiger partial charge is 0.274 e. The van der Waals surface area contributed by atoms with Crippen molar-refractivity contribution < 1.29 is 9.59 Å². The molecule has 0 N–H and O–H groups in total. The highest BCUT2D eigenvalue weighted by molar-refractivity contribution is 6.62. The van der Waals surface area contributed by atoms with Crippen LogP contribution in [0.15, 0.2) is 24.3 Å². The molecule has 4 rings (SSSR count). The van der Waals surface area contributed by atoms with Crippen LogP contribution >= 0.6 is 0 Å². The highest BCUT2D eigenvalue weighted by atomic mass is 16.2. The lowest BCUT2D eigenvalue weighted by molar-refractivity contribution is 0.0654. The SMILES string of the molecule is O=C1c2ccccc2C(=O)N1CCCB1C2CCCC1CCC2. The standard InChI is InChI=1S/C19H24BNO2/c22-18-16-10-1-2-11-17(16)19(23)21(18)13-5-12-20-14-6-3-7-15(20)9-4-8-14/h1-2,10-11,14-15H,3-9,12-13H2. The second kappa shape index (κ2) is 6.14. The molecule has 2 fully saturated rings. The molecule has 2 saturated heterocycles. The number of benzene rings is 1. The molecule has 4 heteroatoms. The summed E-state index contributed by atoms with van der Waals surface area (Å²) in [6.45, 7) is 1.43.